The highest BCUT2D eigenvalue weighted by atomic mass is 16.5. The maximum absolute atomic E-state index is 13.3. The number of aromatic nitrogens is 2. The number of imidazole rings is 1. The van der Waals surface area contributed by atoms with Gasteiger partial charge in [-0.1, -0.05) is 36.4 Å². The van der Waals surface area contributed by atoms with Crippen LogP contribution in [0.2, 0.25) is 0 Å². The number of benzene rings is 2. The highest BCUT2D eigenvalue weighted by molar-refractivity contribution is 6.02. The van der Waals surface area contributed by atoms with Crippen LogP contribution >= 0.6 is 0 Å². The van der Waals surface area contributed by atoms with E-state index in [0.717, 1.165) is 22.5 Å². The molecule has 152 valence electrons. The van der Waals surface area contributed by atoms with Gasteiger partial charge in [0.05, 0.1) is 29.9 Å². The molecule has 0 saturated carbocycles. The largest absolute Gasteiger partial charge is 0.482 e. The minimum absolute atomic E-state index is 0.0000661. The highest BCUT2D eigenvalue weighted by Crippen LogP contribution is 2.34. The van der Waals surface area contributed by atoms with Gasteiger partial charge in [0.1, 0.15) is 12.3 Å². The van der Waals surface area contributed by atoms with E-state index in [1.165, 1.54) is 4.90 Å². The number of ether oxygens (including phenoxy) is 1. The molecule has 0 radical (unpaired) electrons. The van der Waals surface area contributed by atoms with Gasteiger partial charge in [-0.2, -0.15) is 0 Å². The lowest BCUT2D eigenvalue weighted by Gasteiger charge is -2.35. The Morgan fingerprint density at radius 1 is 1.23 bits per heavy atom. The predicted molar refractivity (Wildman–Crippen MR) is 111 cm³/mol. The van der Waals surface area contributed by atoms with E-state index in [4.69, 9.17) is 4.74 Å². The predicted octanol–water partition coefficient (Wildman–Crippen LogP) is 2.62. The van der Waals surface area contributed by atoms with Crippen molar-refractivity contribution in [3.63, 3.8) is 0 Å². The number of nitrogens with one attached hydrogen (secondary N) is 1. The first-order valence-corrected chi connectivity index (χ1v) is 9.99. The number of hydrogen-bond donors (Lipinski definition) is 1. The van der Waals surface area contributed by atoms with Crippen LogP contribution in [0.4, 0.5) is 5.69 Å². The minimum Gasteiger partial charge on any atom is -0.482 e. The molecule has 2 aromatic carbocycles. The van der Waals surface area contributed by atoms with E-state index in [1.54, 1.807) is 11.2 Å². The maximum atomic E-state index is 13.3. The van der Waals surface area contributed by atoms with Gasteiger partial charge >= 0.3 is 0 Å². The van der Waals surface area contributed by atoms with E-state index in [-0.39, 0.29) is 30.9 Å². The summed E-state index contributed by atoms with van der Waals surface area (Å²) in [5.41, 5.74) is 4.70. The van der Waals surface area contributed by atoms with Gasteiger partial charge in [-0.05, 0) is 30.2 Å². The number of hydrogen-bond acceptors (Lipinski definition) is 4. The summed E-state index contributed by atoms with van der Waals surface area (Å²) in [6, 6.07) is 15.7. The number of rotatable bonds is 3. The van der Waals surface area contributed by atoms with Gasteiger partial charge < -0.3 is 14.6 Å². The van der Waals surface area contributed by atoms with E-state index in [2.05, 4.69) is 22.1 Å². The molecule has 7 heteroatoms. The van der Waals surface area contributed by atoms with Crippen LogP contribution < -0.4 is 9.64 Å². The van der Waals surface area contributed by atoms with E-state index in [1.807, 2.05) is 43.3 Å². The Labute approximate surface area is 174 Å². The zero-order valence-electron chi connectivity index (χ0n) is 16.7. The number of aryl methyl sites for hydroxylation is 1. The topological polar surface area (TPSA) is 78.5 Å². The van der Waals surface area contributed by atoms with Gasteiger partial charge in [-0.3, -0.25) is 14.5 Å². The molecular weight excluding hydrogens is 380 g/mol. The lowest BCUT2D eigenvalue weighted by Crippen LogP contribution is -2.48. The Morgan fingerprint density at radius 3 is 2.90 bits per heavy atom. The van der Waals surface area contributed by atoms with E-state index in [0.29, 0.717) is 24.5 Å². The van der Waals surface area contributed by atoms with Crippen LogP contribution in [0.25, 0.3) is 0 Å². The summed E-state index contributed by atoms with van der Waals surface area (Å²) in [5, 5.41) is 0. The van der Waals surface area contributed by atoms with Gasteiger partial charge in [0.2, 0.25) is 5.91 Å². The number of carbonyl (C=O) groups excluding carboxylic acids is 2. The van der Waals surface area contributed by atoms with Crippen LogP contribution in [-0.2, 0) is 16.1 Å². The molecule has 1 atom stereocenters. The van der Waals surface area contributed by atoms with Crippen LogP contribution in [0, 0.1) is 6.92 Å². The van der Waals surface area contributed by atoms with Crippen molar-refractivity contribution in [2.24, 2.45) is 0 Å². The molecular formula is C23H22N4O3. The second kappa shape index (κ2) is 7.33. The van der Waals surface area contributed by atoms with Crippen molar-refractivity contribution in [3.8, 4) is 5.75 Å². The monoisotopic (exact) mass is 402 g/mol. The fraction of sp³-hybridized carbons (Fsp3) is 0.261. The average Bonchev–Trinajstić information content (AvgIpc) is 3.24. The van der Waals surface area contributed by atoms with Crippen LogP contribution in [0.5, 0.6) is 5.75 Å². The second-order valence-electron chi connectivity index (χ2n) is 7.74. The number of aromatic amines is 1. The summed E-state index contributed by atoms with van der Waals surface area (Å²) in [7, 11) is 0. The Balaban J connectivity index is 1.41. The number of H-pyrrole nitrogens is 1. The molecule has 3 aromatic rings. The van der Waals surface area contributed by atoms with Gasteiger partial charge in [-0.15, -0.1) is 0 Å². The number of nitrogens with zero attached hydrogens (tertiary/aromatic N) is 3. The molecule has 0 bridgehead atoms. The second-order valence-corrected chi connectivity index (χ2v) is 7.74. The summed E-state index contributed by atoms with van der Waals surface area (Å²) in [6.07, 6.45) is 1.68. The van der Waals surface area contributed by atoms with Gasteiger partial charge in [0.15, 0.2) is 6.61 Å². The Bertz CT molecular complexity index is 1110. The molecule has 30 heavy (non-hydrogen) atoms. The summed E-state index contributed by atoms with van der Waals surface area (Å²) in [4.78, 5) is 36.8. The summed E-state index contributed by atoms with van der Waals surface area (Å²) < 4.78 is 5.53. The van der Waals surface area contributed by atoms with Crippen molar-refractivity contribution in [1.82, 2.24) is 14.9 Å². The molecule has 3 heterocycles. The molecule has 1 N–H and O–H groups in total. The van der Waals surface area contributed by atoms with Crippen LogP contribution in [0.3, 0.4) is 0 Å². The highest BCUT2D eigenvalue weighted by Gasteiger charge is 2.34. The molecule has 2 aliphatic heterocycles. The standard InChI is InChI=1S/C23H22N4O3/c1-15-7-8-20-19(9-15)27(22(29)13-30-20)12-21(28)26-10-17(16-5-3-2-4-6-16)23-18(11-26)24-14-25-23/h2-9,14,17H,10-13H2,1H3,(H,24,25). The van der Waals surface area contributed by atoms with E-state index in [9.17, 15) is 9.59 Å². The van der Waals surface area contributed by atoms with Crippen LogP contribution in [0.1, 0.15) is 28.4 Å². The first-order chi connectivity index (χ1) is 14.6. The van der Waals surface area contributed by atoms with Crippen molar-refractivity contribution >= 4 is 17.5 Å². The van der Waals surface area contributed by atoms with Crippen molar-refractivity contribution in [1.29, 1.82) is 0 Å². The Morgan fingerprint density at radius 2 is 2.07 bits per heavy atom. The van der Waals surface area contributed by atoms with Gasteiger partial charge in [-0.25, -0.2) is 4.98 Å². The van der Waals surface area contributed by atoms with Gasteiger partial charge in [0, 0.05) is 12.5 Å². The fourth-order valence-corrected chi connectivity index (χ4v) is 4.18. The summed E-state index contributed by atoms with van der Waals surface area (Å²) >= 11 is 0. The zero-order valence-corrected chi connectivity index (χ0v) is 16.7. The summed E-state index contributed by atoms with van der Waals surface area (Å²) in [5.74, 6) is 0.323. The third-order valence-corrected chi connectivity index (χ3v) is 5.74. The molecule has 2 aliphatic rings. The summed E-state index contributed by atoms with van der Waals surface area (Å²) in [6.45, 7) is 2.87. The number of carbonyl (C=O) groups is 2. The molecule has 0 aliphatic carbocycles. The first kappa shape index (κ1) is 18.4. The molecule has 1 aromatic heterocycles. The molecule has 2 amide bonds. The molecule has 0 fully saturated rings. The SMILES string of the molecule is Cc1ccc2c(c1)N(CC(=O)N1Cc3[nH]cnc3C(c3ccccc3)C1)C(=O)CO2. The maximum Gasteiger partial charge on any atom is 0.265 e. The Hall–Kier alpha value is -3.61. The van der Waals surface area contributed by atoms with E-state index < -0.39 is 0 Å². The smallest absolute Gasteiger partial charge is 0.265 e. The molecule has 1 unspecified atom stereocenters. The van der Waals surface area contributed by atoms with Crippen LogP contribution in [-0.4, -0.2) is 46.4 Å². The lowest BCUT2D eigenvalue weighted by molar-refractivity contribution is -0.133. The normalized spacial score (nSPS) is 17.9. The minimum atomic E-state index is -0.208. The third kappa shape index (κ3) is 3.22. The molecule has 0 spiro atoms. The third-order valence-electron chi connectivity index (χ3n) is 5.74. The lowest BCUT2D eigenvalue weighted by atomic mass is 9.91. The number of anilines is 1. The van der Waals surface area contributed by atoms with Crippen molar-refractivity contribution in [2.75, 3.05) is 24.6 Å². The average molecular weight is 402 g/mol. The van der Waals surface area contributed by atoms with Crippen LogP contribution in [0.15, 0.2) is 54.9 Å². The van der Waals surface area contributed by atoms with E-state index >= 15 is 0 Å². The quantitative estimate of drug-likeness (QED) is 0.731. The molecule has 5 rings (SSSR count). The fourth-order valence-electron chi connectivity index (χ4n) is 4.18. The zero-order chi connectivity index (χ0) is 20.7. The van der Waals surface area contributed by atoms with Crippen molar-refractivity contribution < 1.29 is 14.3 Å². The number of amides is 2. The first-order valence-electron chi connectivity index (χ1n) is 9.99. The Kier molecular flexibility index (Phi) is 4.50. The molecule has 0 saturated heterocycles. The number of fused-ring (bicyclic) bond motifs is 2. The van der Waals surface area contributed by atoms with Gasteiger partial charge in [0.25, 0.3) is 5.91 Å². The van der Waals surface area contributed by atoms with Crippen molar-refractivity contribution in [3.05, 3.63) is 77.4 Å². The molecule has 7 nitrogen and oxygen atoms in total. The van der Waals surface area contributed by atoms with Crippen molar-refractivity contribution in [2.45, 2.75) is 19.4 Å².